The molecule has 0 radical (unpaired) electrons. The SMILES string of the molecule is CCNc1snnc1CN1CCC(C(C)O)CC1. The average molecular weight is 270 g/mol. The quantitative estimate of drug-likeness (QED) is 0.850. The minimum atomic E-state index is -0.176. The van der Waals surface area contributed by atoms with E-state index < -0.39 is 0 Å². The van der Waals surface area contributed by atoms with Gasteiger partial charge in [0.05, 0.1) is 6.10 Å². The zero-order chi connectivity index (χ0) is 13.0. The van der Waals surface area contributed by atoms with Crippen molar-refractivity contribution in [1.29, 1.82) is 0 Å². The molecule has 1 aromatic heterocycles. The van der Waals surface area contributed by atoms with Gasteiger partial charge in [0.2, 0.25) is 0 Å². The van der Waals surface area contributed by atoms with E-state index >= 15 is 0 Å². The van der Waals surface area contributed by atoms with Crippen molar-refractivity contribution in [2.75, 3.05) is 25.0 Å². The first kappa shape index (κ1) is 13.7. The van der Waals surface area contributed by atoms with Crippen molar-refractivity contribution < 1.29 is 5.11 Å². The first-order chi connectivity index (χ1) is 8.70. The lowest BCUT2D eigenvalue weighted by Gasteiger charge is -2.32. The maximum Gasteiger partial charge on any atom is 0.134 e. The molecular formula is C12H22N4OS. The van der Waals surface area contributed by atoms with Crippen LogP contribution in [0.25, 0.3) is 0 Å². The van der Waals surface area contributed by atoms with Crippen molar-refractivity contribution in [2.45, 2.75) is 39.3 Å². The van der Waals surface area contributed by atoms with Crippen molar-refractivity contribution in [2.24, 2.45) is 5.92 Å². The lowest BCUT2D eigenvalue weighted by molar-refractivity contribution is 0.0692. The van der Waals surface area contributed by atoms with Gasteiger partial charge in [-0.25, -0.2) is 0 Å². The molecule has 2 N–H and O–H groups in total. The Balaban J connectivity index is 1.85. The summed E-state index contributed by atoms with van der Waals surface area (Å²) < 4.78 is 4.01. The summed E-state index contributed by atoms with van der Waals surface area (Å²) in [6, 6.07) is 0. The van der Waals surface area contributed by atoms with Crippen LogP contribution in [0.15, 0.2) is 0 Å². The van der Waals surface area contributed by atoms with Gasteiger partial charge in [-0.15, -0.1) is 5.10 Å². The van der Waals surface area contributed by atoms with Crippen LogP contribution in [0.5, 0.6) is 0 Å². The number of nitrogens with one attached hydrogen (secondary N) is 1. The second-order valence-electron chi connectivity index (χ2n) is 4.93. The Hall–Kier alpha value is -0.720. The van der Waals surface area contributed by atoms with E-state index in [-0.39, 0.29) is 6.10 Å². The maximum atomic E-state index is 9.58. The van der Waals surface area contributed by atoms with Crippen LogP contribution in [0, 0.1) is 5.92 Å². The number of hydrogen-bond donors (Lipinski definition) is 2. The summed E-state index contributed by atoms with van der Waals surface area (Å²) in [6.07, 6.45) is 1.97. The topological polar surface area (TPSA) is 61.3 Å². The summed E-state index contributed by atoms with van der Waals surface area (Å²) in [7, 11) is 0. The number of anilines is 1. The first-order valence-electron chi connectivity index (χ1n) is 6.66. The highest BCUT2D eigenvalue weighted by Gasteiger charge is 2.23. The fourth-order valence-electron chi connectivity index (χ4n) is 2.41. The zero-order valence-electron chi connectivity index (χ0n) is 11.1. The van der Waals surface area contributed by atoms with Gasteiger partial charge in [0.15, 0.2) is 0 Å². The Bertz CT molecular complexity index is 361. The molecule has 0 bridgehead atoms. The third kappa shape index (κ3) is 3.40. The Morgan fingerprint density at radius 1 is 1.50 bits per heavy atom. The Morgan fingerprint density at radius 2 is 2.22 bits per heavy atom. The smallest absolute Gasteiger partial charge is 0.134 e. The highest BCUT2D eigenvalue weighted by Crippen LogP contribution is 2.24. The number of aliphatic hydroxyl groups is 1. The molecule has 18 heavy (non-hydrogen) atoms. The molecule has 5 nitrogen and oxygen atoms in total. The summed E-state index contributed by atoms with van der Waals surface area (Å²) in [5.41, 5.74) is 1.05. The fraction of sp³-hybridized carbons (Fsp3) is 0.833. The molecule has 6 heteroatoms. The molecule has 2 heterocycles. The first-order valence-corrected chi connectivity index (χ1v) is 7.43. The largest absolute Gasteiger partial charge is 0.393 e. The highest BCUT2D eigenvalue weighted by atomic mass is 32.1. The van der Waals surface area contributed by atoms with Gasteiger partial charge in [-0.1, -0.05) is 4.49 Å². The van der Waals surface area contributed by atoms with Crippen molar-refractivity contribution in [3.8, 4) is 0 Å². The Labute approximate surface area is 112 Å². The summed E-state index contributed by atoms with van der Waals surface area (Å²) >= 11 is 1.43. The Kier molecular flexibility index (Phi) is 4.91. The number of aliphatic hydroxyl groups excluding tert-OH is 1. The summed E-state index contributed by atoms with van der Waals surface area (Å²) in [5, 5.41) is 18.2. The molecule has 0 aliphatic carbocycles. The second kappa shape index (κ2) is 6.45. The zero-order valence-corrected chi connectivity index (χ0v) is 11.9. The molecular weight excluding hydrogens is 248 g/mol. The number of rotatable bonds is 5. The molecule has 1 fully saturated rings. The predicted octanol–water partition coefficient (Wildman–Crippen LogP) is 1.56. The molecule has 0 amide bonds. The standard InChI is InChI=1S/C12H22N4OS/c1-3-13-12-11(14-15-18-12)8-16-6-4-10(5-7-16)9(2)17/h9-10,13,17H,3-8H2,1-2H3. The molecule has 1 unspecified atom stereocenters. The molecule has 0 aromatic carbocycles. The van der Waals surface area contributed by atoms with Crippen LogP contribution in [0.2, 0.25) is 0 Å². The number of likely N-dealkylation sites (tertiary alicyclic amines) is 1. The van der Waals surface area contributed by atoms with Gasteiger partial charge in [0, 0.05) is 24.6 Å². The maximum absolute atomic E-state index is 9.58. The predicted molar refractivity (Wildman–Crippen MR) is 73.8 cm³/mol. The van der Waals surface area contributed by atoms with Gasteiger partial charge in [0.25, 0.3) is 0 Å². The molecule has 1 aliphatic heterocycles. The molecule has 1 aliphatic rings. The van der Waals surface area contributed by atoms with Crippen molar-refractivity contribution in [3.63, 3.8) is 0 Å². The molecule has 1 atom stereocenters. The summed E-state index contributed by atoms with van der Waals surface area (Å²) in [5.74, 6) is 0.461. The molecule has 1 aromatic rings. The fourth-order valence-corrected chi connectivity index (χ4v) is 3.05. The number of aromatic nitrogens is 2. The van der Waals surface area contributed by atoms with E-state index in [4.69, 9.17) is 0 Å². The van der Waals surface area contributed by atoms with Crippen LogP contribution in [0.4, 0.5) is 5.00 Å². The van der Waals surface area contributed by atoms with Gasteiger partial charge in [-0.2, -0.15) is 0 Å². The normalized spacial score (nSPS) is 19.9. The van der Waals surface area contributed by atoms with Crippen molar-refractivity contribution >= 4 is 16.5 Å². The summed E-state index contributed by atoms with van der Waals surface area (Å²) in [4.78, 5) is 2.40. The highest BCUT2D eigenvalue weighted by molar-refractivity contribution is 7.10. The molecule has 1 saturated heterocycles. The van der Waals surface area contributed by atoms with E-state index in [1.54, 1.807) is 0 Å². The minimum Gasteiger partial charge on any atom is -0.393 e. The third-order valence-corrected chi connectivity index (χ3v) is 4.31. The van der Waals surface area contributed by atoms with E-state index in [9.17, 15) is 5.11 Å². The van der Waals surface area contributed by atoms with E-state index in [1.165, 1.54) is 11.5 Å². The van der Waals surface area contributed by atoms with Crippen LogP contribution < -0.4 is 5.32 Å². The number of hydrogen-bond acceptors (Lipinski definition) is 6. The second-order valence-corrected chi connectivity index (χ2v) is 5.69. The van der Waals surface area contributed by atoms with E-state index in [0.29, 0.717) is 5.92 Å². The van der Waals surface area contributed by atoms with Crippen LogP contribution in [0.1, 0.15) is 32.4 Å². The van der Waals surface area contributed by atoms with Crippen molar-refractivity contribution in [3.05, 3.63) is 5.69 Å². The van der Waals surface area contributed by atoms with Gasteiger partial charge < -0.3 is 10.4 Å². The molecule has 102 valence electrons. The van der Waals surface area contributed by atoms with Crippen LogP contribution >= 0.6 is 11.5 Å². The summed E-state index contributed by atoms with van der Waals surface area (Å²) in [6.45, 7) is 7.83. The molecule has 0 spiro atoms. The van der Waals surface area contributed by atoms with Gasteiger partial charge >= 0.3 is 0 Å². The average Bonchev–Trinajstić information content (AvgIpc) is 2.78. The van der Waals surface area contributed by atoms with Crippen molar-refractivity contribution in [1.82, 2.24) is 14.5 Å². The molecule has 0 saturated carbocycles. The van der Waals surface area contributed by atoms with Crippen LogP contribution in [-0.2, 0) is 6.54 Å². The van der Waals surface area contributed by atoms with E-state index in [0.717, 1.165) is 49.7 Å². The minimum absolute atomic E-state index is 0.176. The molecule has 2 rings (SSSR count). The van der Waals surface area contributed by atoms with Crippen LogP contribution in [0.3, 0.4) is 0 Å². The van der Waals surface area contributed by atoms with E-state index in [1.807, 2.05) is 6.92 Å². The van der Waals surface area contributed by atoms with Crippen LogP contribution in [-0.4, -0.2) is 45.3 Å². The third-order valence-electron chi connectivity index (χ3n) is 3.58. The number of nitrogens with zero attached hydrogens (tertiary/aromatic N) is 3. The van der Waals surface area contributed by atoms with Gasteiger partial charge in [-0.05, 0) is 45.7 Å². The number of piperidine rings is 1. The van der Waals surface area contributed by atoms with Gasteiger partial charge in [-0.3, -0.25) is 4.90 Å². The monoisotopic (exact) mass is 270 g/mol. The van der Waals surface area contributed by atoms with E-state index in [2.05, 4.69) is 26.7 Å². The van der Waals surface area contributed by atoms with Gasteiger partial charge in [0.1, 0.15) is 10.7 Å². The lowest BCUT2D eigenvalue weighted by Crippen LogP contribution is -2.36. The lowest BCUT2D eigenvalue weighted by atomic mass is 9.92. The Morgan fingerprint density at radius 3 is 2.83 bits per heavy atom.